The highest BCUT2D eigenvalue weighted by atomic mass is 79.9. The number of aromatic nitrogens is 4. The van der Waals surface area contributed by atoms with Crippen LogP contribution in [0.4, 0.5) is 0 Å². The van der Waals surface area contributed by atoms with Gasteiger partial charge in [0, 0.05) is 10.0 Å². The molecular weight excluding hydrogens is 320 g/mol. The first-order valence-electron chi connectivity index (χ1n) is 6.02. The summed E-state index contributed by atoms with van der Waals surface area (Å²) in [6.45, 7) is 0.529. The van der Waals surface area contributed by atoms with Gasteiger partial charge in [-0.25, -0.2) is 0 Å². The molecule has 1 heterocycles. The number of benzene rings is 2. The topological polar surface area (TPSA) is 63.7 Å². The van der Waals surface area contributed by atoms with E-state index in [1.807, 2.05) is 48.5 Å². The number of hydrogen-bond donors (Lipinski definition) is 1. The first-order valence-corrected chi connectivity index (χ1v) is 6.82. The van der Waals surface area contributed by atoms with E-state index in [0.29, 0.717) is 12.4 Å². The summed E-state index contributed by atoms with van der Waals surface area (Å²) in [6, 6.07) is 15.6. The monoisotopic (exact) mass is 330 g/mol. The lowest BCUT2D eigenvalue weighted by molar-refractivity contribution is 0.306. The lowest BCUT2D eigenvalue weighted by Gasteiger charge is -2.07. The predicted octanol–water partition coefficient (Wildman–Crippen LogP) is 3.21. The molecule has 0 saturated heterocycles. The molecule has 6 heteroatoms. The number of hydrogen-bond acceptors (Lipinski definition) is 4. The Hall–Kier alpha value is -2.21. The van der Waals surface area contributed by atoms with Crippen molar-refractivity contribution in [3.63, 3.8) is 0 Å². The molecule has 0 spiro atoms. The van der Waals surface area contributed by atoms with E-state index in [2.05, 4.69) is 36.6 Å². The van der Waals surface area contributed by atoms with E-state index in [9.17, 15) is 0 Å². The molecule has 3 rings (SSSR count). The Morgan fingerprint density at radius 2 is 1.95 bits per heavy atom. The average molecular weight is 331 g/mol. The summed E-state index contributed by atoms with van der Waals surface area (Å²) in [5.74, 6) is 1.38. The molecule has 1 aromatic heterocycles. The molecule has 3 aromatic rings. The Balaban J connectivity index is 1.67. The van der Waals surface area contributed by atoms with Gasteiger partial charge in [-0.05, 0) is 47.2 Å². The molecule has 20 heavy (non-hydrogen) atoms. The molecule has 0 radical (unpaired) electrons. The highest BCUT2D eigenvalue weighted by Gasteiger charge is 2.03. The molecule has 0 amide bonds. The van der Waals surface area contributed by atoms with Crippen molar-refractivity contribution in [2.24, 2.45) is 0 Å². The van der Waals surface area contributed by atoms with Gasteiger partial charge in [0.1, 0.15) is 12.4 Å². The second-order valence-electron chi connectivity index (χ2n) is 4.18. The molecule has 0 fully saturated rings. The molecule has 1 N–H and O–H groups in total. The van der Waals surface area contributed by atoms with Crippen LogP contribution in [0.25, 0.3) is 11.4 Å². The molecule has 0 aliphatic heterocycles. The van der Waals surface area contributed by atoms with Gasteiger partial charge in [-0.15, -0.1) is 10.2 Å². The van der Waals surface area contributed by atoms with Gasteiger partial charge in [-0.2, -0.15) is 5.21 Å². The van der Waals surface area contributed by atoms with E-state index in [4.69, 9.17) is 4.74 Å². The smallest absolute Gasteiger partial charge is 0.204 e. The van der Waals surface area contributed by atoms with Crippen molar-refractivity contribution < 1.29 is 4.74 Å². The highest BCUT2D eigenvalue weighted by Crippen LogP contribution is 2.20. The van der Waals surface area contributed by atoms with Gasteiger partial charge in [0.15, 0.2) is 0 Å². The summed E-state index contributed by atoms with van der Waals surface area (Å²) in [7, 11) is 0. The van der Waals surface area contributed by atoms with E-state index in [-0.39, 0.29) is 0 Å². The molecule has 0 bridgehead atoms. The summed E-state index contributed by atoms with van der Waals surface area (Å²) < 4.78 is 6.78. The van der Waals surface area contributed by atoms with Crippen molar-refractivity contribution in [2.75, 3.05) is 0 Å². The fourth-order valence-electron chi connectivity index (χ4n) is 1.78. The van der Waals surface area contributed by atoms with Crippen molar-refractivity contribution in [2.45, 2.75) is 6.61 Å². The summed E-state index contributed by atoms with van der Waals surface area (Å²) in [5.41, 5.74) is 2.01. The van der Waals surface area contributed by atoms with Crippen molar-refractivity contribution in [3.8, 4) is 17.1 Å². The van der Waals surface area contributed by atoms with Crippen LogP contribution < -0.4 is 4.74 Å². The fraction of sp³-hybridized carbons (Fsp3) is 0.0714. The van der Waals surface area contributed by atoms with Crippen LogP contribution in [-0.4, -0.2) is 20.6 Å². The second kappa shape index (κ2) is 5.83. The summed E-state index contributed by atoms with van der Waals surface area (Å²) in [6.07, 6.45) is 0. The number of nitrogens with one attached hydrogen (secondary N) is 1. The third-order valence-corrected chi connectivity index (χ3v) is 3.25. The van der Waals surface area contributed by atoms with Crippen LogP contribution in [0.15, 0.2) is 53.0 Å². The van der Waals surface area contributed by atoms with Gasteiger partial charge in [-0.3, -0.25) is 0 Å². The molecule has 0 aliphatic carbocycles. The SMILES string of the molecule is Brc1cccc(COc2ccc(-c3nn[nH]n3)cc2)c1. The standard InChI is InChI=1S/C14H11BrN4O/c15-12-3-1-2-10(8-12)9-20-13-6-4-11(5-7-13)14-16-18-19-17-14/h1-8H,9H2,(H,16,17,18,19). The van der Waals surface area contributed by atoms with Gasteiger partial charge in [0.05, 0.1) is 0 Å². The van der Waals surface area contributed by atoms with Crippen molar-refractivity contribution in [1.29, 1.82) is 0 Å². The number of H-pyrrole nitrogens is 1. The predicted molar refractivity (Wildman–Crippen MR) is 78.1 cm³/mol. The van der Waals surface area contributed by atoms with E-state index in [1.54, 1.807) is 0 Å². The maximum atomic E-state index is 5.73. The number of ether oxygens (including phenoxy) is 1. The number of tetrazole rings is 1. The molecule has 100 valence electrons. The zero-order chi connectivity index (χ0) is 13.8. The molecule has 2 aromatic carbocycles. The Bertz CT molecular complexity index is 683. The Morgan fingerprint density at radius 1 is 1.10 bits per heavy atom. The normalized spacial score (nSPS) is 10.4. The minimum Gasteiger partial charge on any atom is -0.489 e. The van der Waals surface area contributed by atoms with E-state index < -0.39 is 0 Å². The Morgan fingerprint density at radius 3 is 2.65 bits per heavy atom. The van der Waals surface area contributed by atoms with Gasteiger partial charge in [0.2, 0.25) is 5.82 Å². The van der Waals surface area contributed by atoms with Crippen LogP contribution >= 0.6 is 15.9 Å². The van der Waals surface area contributed by atoms with Crippen LogP contribution in [-0.2, 0) is 6.61 Å². The number of halogens is 1. The third kappa shape index (κ3) is 3.03. The summed E-state index contributed by atoms with van der Waals surface area (Å²) >= 11 is 3.44. The van der Waals surface area contributed by atoms with Crippen molar-refractivity contribution in [1.82, 2.24) is 20.6 Å². The molecule has 0 unspecified atom stereocenters. The minimum atomic E-state index is 0.529. The third-order valence-electron chi connectivity index (χ3n) is 2.75. The van der Waals surface area contributed by atoms with Gasteiger partial charge in [0.25, 0.3) is 0 Å². The maximum Gasteiger partial charge on any atom is 0.204 e. The molecular formula is C14H11BrN4O. The van der Waals surface area contributed by atoms with Gasteiger partial charge in [-0.1, -0.05) is 28.1 Å². The molecule has 0 aliphatic rings. The summed E-state index contributed by atoms with van der Waals surface area (Å²) in [4.78, 5) is 0. The Kier molecular flexibility index (Phi) is 3.73. The zero-order valence-corrected chi connectivity index (χ0v) is 12.0. The number of rotatable bonds is 4. The van der Waals surface area contributed by atoms with Crippen LogP contribution in [0.3, 0.4) is 0 Å². The highest BCUT2D eigenvalue weighted by molar-refractivity contribution is 9.10. The lowest BCUT2D eigenvalue weighted by Crippen LogP contribution is -1.95. The second-order valence-corrected chi connectivity index (χ2v) is 5.09. The lowest BCUT2D eigenvalue weighted by atomic mass is 10.2. The Labute approximate surface area is 124 Å². The van der Waals surface area contributed by atoms with Crippen LogP contribution in [0, 0.1) is 0 Å². The van der Waals surface area contributed by atoms with Gasteiger partial charge < -0.3 is 4.74 Å². The minimum absolute atomic E-state index is 0.529. The number of nitrogens with zero attached hydrogens (tertiary/aromatic N) is 3. The first kappa shape index (κ1) is 12.8. The average Bonchev–Trinajstić information content (AvgIpc) is 3.00. The van der Waals surface area contributed by atoms with Crippen LogP contribution in [0.2, 0.25) is 0 Å². The van der Waals surface area contributed by atoms with Crippen LogP contribution in [0.1, 0.15) is 5.56 Å². The quantitative estimate of drug-likeness (QED) is 0.797. The molecule has 0 atom stereocenters. The van der Waals surface area contributed by atoms with E-state index in [1.165, 1.54) is 0 Å². The first-order chi connectivity index (χ1) is 9.81. The largest absolute Gasteiger partial charge is 0.489 e. The summed E-state index contributed by atoms with van der Waals surface area (Å²) in [5, 5.41) is 13.8. The molecule has 0 saturated carbocycles. The van der Waals surface area contributed by atoms with Crippen LogP contribution in [0.5, 0.6) is 5.75 Å². The zero-order valence-electron chi connectivity index (χ0n) is 10.5. The molecule has 5 nitrogen and oxygen atoms in total. The van der Waals surface area contributed by atoms with Crippen molar-refractivity contribution in [3.05, 3.63) is 58.6 Å². The maximum absolute atomic E-state index is 5.73. The number of aromatic amines is 1. The van der Waals surface area contributed by atoms with Gasteiger partial charge >= 0.3 is 0 Å². The van der Waals surface area contributed by atoms with E-state index in [0.717, 1.165) is 21.3 Å². The van der Waals surface area contributed by atoms with E-state index >= 15 is 0 Å². The fourth-order valence-corrected chi connectivity index (χ4v) is 2.22. The van der Waals surface area contributed by atoms with Crippen molar-refractivity contribution >= 4 is 15.9 Å².